The van der Waals surface area contributed by atoms with Gasteiger partial charge in [0.15, 0.2) is 0 Å². The number of rotatable bonds is 2. The summed E-state index contributed by atoms with van der Waals surface area (Å²) >= 11 is 13.9. The van der Waals surface area contributed by atoms with Crippen LogP contribution in [0, 0.1) is 0 Å². The molecule has 4 rings (SSSR count). The molecule has 2 heterocycles. The highest BCUT2D eigenvalue weighted by molar-refractivity contribution is 7.19. The summed E-state index contributed by atoms with van der Waals surface area (Å²) in [6, 6.07) is 7.60. The third-order valence-electron chi connectivity index (χ3n) is 3.87. The number of hydrogen-bond acceptors (Lipinski definition) is 4. The van der Waals surface area contributed by atoms with E-state index in [2.05, 4.69) is 15.3 Å². The summed E-state index contributed by atoms with van der Waals surface area (Å²) in [4.78, 5) is 11.2. The van der Waals surface area contributed by atoms with Crippen LogP contribution in [0.4, 0.5) is 11.5 Å². The van der Waals surface area contributed by atoms with Crippen molar-refractivity contribution in [2.24, 2.45) is 0 Å². The molecule has 0 amide bonds. The molecule has 0 spiro atoms. The van der Waals surface area contributed by atoms with Crippen molar-refractivity contribution in [3.63, 3.8) is 0 Å². The average Bonchev–Trinajstić information content (AvgIpc) is 2.85. The molecule has 0 aliphatic heterocycles. The Labute approximate surface area is 142 Å². The van der Waals surface area contributed by atoms with Gasteiger partial charge in [0.25, 0.3) is 0 Å². The molecule has 0 fully saturated rings. The van der Waals surface area contributed by atoms with Gasteiger partial charge >= 0.3 is 0 Å². The monoisotopic (exact) mass is 349 g/mol. The Balaban J connectivity index is 1.87. The molecule has 2 aromatic heterocycles. The summed E-state index contributed by atoms with van der Waals surface area (Å²) in [7, 11) is 0. The first-order valence-corrected chi connectivity index (χ1v) is 8.78. The number of benzene rings is 1. The number of nitrogens with one attached hydrogen (secondary N) is 1. The van der Waals surface area contributed by atoms with Crippen LogP contribution >= 0.6 is 34.5 Å². The van der Waals surface area contributed by atoms with E-state index in [4.69, 9.17) is 23.2 Å². The van der Waals surface area contributed by atoms with E-state index >= 15 is 0 Å². The van der Waals surface area contributed by atoms with Gasteiger partial charge in [0.2, 0.25) is 5.28 Å². The molecule has 0 bridgehead atoms. The molecule has 0 radical (unpaired) electrons. The van der Waals surface area contributed by atoms with Gasteiger partial charge < -0.3 is 5.32 Å². The molecular weight excluding hydrogens is 337 g/mol. The van der Waals surface area contributed by atoms with Crippen LogP contribution in [0.15, 0.2) is 24.3 Å². The predicted molar refractivity (Wildman–Crippen MR) is 93.8 cm³/mol. The Morgan fingerprint density at radius 2 is 1.95 bits per heavy atom. The van der Waals surface area contributed by atoms with Gasteiger partial charge in [0.05, 0.1) is 5.39 Å². The second-order valence-corrected chi connectivity index (χ2v) is 7.23. The minimum Gasteiger partial charge on any atom is -0.339 e. The van der Waals surface area contributed by atoms with Crippen LogP contribution in [-0.2, 0) is 12.8 Å². The quantitative estimate of drug-likeness (QED) is 0.610. The standard InChI is InChI=1S/C16H13Cl2N3S/c17-9-4-3-5-10(8-9)19-14-13-11-6-1-2-7-12(11)22-15(13)21-16(18)20-14/h3-5,8H,1-2,6-7H2,(H,19,20,21). The lowest BCUT2D eigenvalue weighted by Crippen LogP contribution is -2.01. The Kier molecular flexibility index (Phi) is 3.68. The number of anilines is 2. The van der Waals surface area contributed by atoms with E-state index in [-0.39, 0.29) is 5.28 Å². The fourth-order valence-electron chi connectivity index (χ4n) is 2.92. The minimum atomic E-state index is 0.274. The third-order valence-corrected chi connectivity index (χ3v) is 5.46. The van der Waals surface area contributed by atoms with Crippen molar-refractivity contribution in [2.75, 3.05) is 5.32 Å². The maximum absolute atomic E-state index is 6.10. The van der Waals surface area contributed by atoms with Gasteiger partial charge in [-0.15, -0.1) is 11.3 Å². The smallest absolute Gasteiger partial charge is 0.225 e. The normalized spacial score (nSPS) is 14.1. The molecule has 0 unspecified atom stereocenters. The lowest BCUT2D eigenvalue weighted by atomic mass is 9.97. The largest absolute Gasteiger partial charge is 0.339 e. The van der Waals surface area contributed by atoms with Crippen molar-refractivity contribution >= 4 is 56.3 Å². The Morgan fingerprint density at radius 3 is 2.82 bits per heavy atom. The highest BCUT2D eigenvalue weighted by Crippen LogP contribution is 2.39. The zero-order chi connectivity index (χ0) is 15.1. The lowest BCUT2D eigenvalue weighted by molar-refractivity contribution is 0.700. The van der Waals surface area contributed by atoms with Crippen LogP contribution in [0.5, 0.6) is 0 Å². The molecule has 1 aliphatic rings. The lowest BCUT2D eigenvalue weighted by Gasteiger charge is -2.12. The maximum atomic E-state index is 6.10. The van der Waals surface area contributed by atoms with Crippen molar-refractivity contribution in [2.45, 2.75) is 25.7 Å². The number of aryl methyl sites for hydroxylation is 2. The molecule has 1 aromatic carbocycles. The summed E-state index contributed by atoms with van der Waals surface area (Å²) in [6.45, 7) is 0. The number of hydrogen-bond donors (Lipinski definition) is 1. The fourth-order valence-corrected chi connectivity index (χ4v) is 4.60. The van der Waals surface area contributed by atoms with Crippen LogP contribution in [0.3, 0.4) is 0 Å². The van der Waals surface area contributed by atoms with Crippen molar-refractivity contribution in [3.8, 4) is 0 Å². The fraction of sp³-hybridized carbons (Fsp3) is 0.250. The Bertz CT molecular complexity index is 860. The van der Waals surface area contributed by atoms with Crippen LogP contribution in [0.25, 0.3) is 10.2 Å². The highest BCUT2D eigenvalue weighted by Gasteiger charge is 2.21. The predicted octanol–water partition coefficient (Wildman–Crippen LogP) is 5.62. The molecule has 22 heavy (non-hydrogen) atoms. The summed E-state index contributed by atoms with van der Waals surface area (Å²) < 4.78 is 0. The second kappa shape index (κ2) is 5.69. The molecule has 0 saturated carbocycles. The first kappa shape index (κ1) is 14.2. The SMILES string of the molecule is Clc1cccc(Nc2nc(Cl)nc3sc4c(c23)CCCC4)c1. The molecule has 112 valence electrons. The summed E-state index contributed by atoms with van der Waals surface area (Å²) in [5.41, 5.74) is 2.28. The minimum absolute atomic E-state index is 0.274. The van der Waals surface area contributed by atoms with Gasteiger partial charge in [0.1, 0.15) is 10.6 Å². The van der Waals surface area contributed by atoms with Crippen LogP contribution < -0.4 is 5.32 Å². The van der Waals surface area contributed by atoms with E-state index < -0.39 is 0 Å². The summed E-state index contributed by atoms with van der Waals surface area (Å²) in [6.07, 6.45) is 4.69. The van der Waals surface area contributed by atoms with Gasteiger partial charge in [-0.05, 0) is 61.0 Å². The number of nitrogens with zero attached hydrogens (tertiary/aromatic N) is 2. The molecule has 1 aliphatic carbocycles. The van der Waals surface area contributed by atoms with Crippen molar-refractivity contribution in [1.82, 2.24) is 9.97 Å². The van der Waals surface area contributed by atoms with Crippen molar-refractivity contribution in [3.05, 3.63) is 45.0 Å². The van der Waals surface area contributed by atoms with Crippen LogP contribution in [-0.4, -0.2) is 9.97 Å². The van der Waals surface area contributed by atoms with Gasteiger partial charge in [-0.1, -0.05) is 17.7 Å². The second-order valence-electron chi connectivity index (χ2n) is 5.37. The molecule has 3 nitrogen and oxygen atoms in total. The molecule has 0 atom stereocenters. The van der Waals surface area contributed by atoms with Gasteiger partial charge in [-0.2, -0.15) is 4.98 Å². The molecule has 3 aromatic rings. The number of fused-ring (bicyclic) bond motifs is 3. The van der Waals surface area contributed by atoms with Gasteiger partial charge in [-0.3, -0.25) is 0 Å². The van der Waals surface area contributed by atoms with E-state index in [1.807, 2.05) is 24.3 Å². The first-order valence-electron chi connectivity index (χ1n) is 7.21. The van der Waals surface area contributed by atoms with Gasteiger partial charge in [0, 0.05) is 15.6 Å². The Hall–Kier alpha value is -1.36. The van der Waals surface area contributed by atoms with Crippen LogP contribution in [0.1, 0.15) is 23.3 Å². The maximum Gasteiger partial charge on any atom is 0.225 e. The highest BCUT2D eigenvalue weighted by atomic mass is 35.5. The van der Waals surface area contributed by atoms with E-state index in [0.717, 1.165) is 34.6 Å². The first-order chi connectivity index (χ1) is 10.7. The third kappa shape index (κ3) is 2.56. The molecular formula is C16H13Cl2N3S. The van der Waals surface area contributed by atoms with E-state index in [9.17, 15) is 0 Å². The van der Waals surface area contributed by atoms with E-state index in [1.165, 1.54) is 23.3 Å². The molecule has 1 N–H and O–H groups in total. The zero-order valence-corrected chi connectivity index (χ0v) is 14.0. The van der Waals surface area contributed by atoms with E-state index in [1.54, 1.807) is 11.3 Å². The van der Waals surface area contributed by atoms with Crippen LogP contribution in [0.2, 0.25) is 10.3 Å². The number of aromatic nitrogens is 2. The average molecular weight is 350 g/mol. The van der Waals surface area contributed by atoms with E-state index in [0.29, 0.717) is 5.02 Å². The molecule has 6 heteroatoms. The molecule has 0 saturated heterocycles. The number of thiophene rings is 1. The van der Waals surface area contributed by atoms with Crippen molar-refractivity contribution in [1.29, 1.82) is 0 Å². The summed E-state index contributed by atoms with van der Waals surface area (Å²) in [5, 5.41) is 5.43. The topological polar surface area (TPSA) is 37.8 Å². The zero-order valence-electron chi connectivity index (χ0n) is 11.7. The number of halogens is 2. The summed E-state index contributed by atoms with van der Waals surface area (Å²) in [5.74, 6) is 0.775. The van der Waals surface area contributed by atoms with Gasteiger partial charge in [-0.25, -0.2) is 4.98 Å². The van der Waals surface area contributed by atoms with Crippen molar-refractivity contribution < 1.29 is 0 Å². The Morgan fingerprint density at radius 1 is 1.09 bits per heavy atom.